The Bertz CT molecular complexity index is 418. The van der Waals surface area contributed by atoms with Crippen molar-refractivity contribution in [3.8, 4) is 0 Å². The van der Waals surface area contributed by atoms with Gasteiger partial charge < -0.3 is 5.32 Å². The zero-order valence-electron chi connectivity index (χ0n) is 11.7. The van der Waals surface area contributed by atoms with Crippen LogP contribution in [0.15, 0.2) is 52.7 Å². The van der Waals surface area contributed by atoms with Crippen LogP contribution in [0.3, 0.4) is 0 Å². The molecule has 0 bridgehead atoms. The van der Waals surface area contributed by atoms with Crippen LogP contribution < -0.4 is 5.32 Å². The lowest BCUT2D eigenvalue weighted by Gasteiger charge is -2.04. The van der Waals surface area contributed by atoms with Crippen LogP contribution >= 0.6 is 0 Å². The summed E-state index contributed by atoms with van der Waals surface area (Å²) in [4.78, 5) is 15.2. The maximum Gasteiger partial charge on any atom is 0.152 e. The summed E-state index contributed by atoms with van der Waals surface area (Å²) < 4.78 is 0. The number of carbonyl (C=O) groups is 1. The van der Waals surface area contributed by atoms with E-state index in [9.17, 15) is 4.79 Å². The minimum Gasteiger partial charge on any atom is -0.346 e. The highest BCUT2D eigenvalue weighted by Gasteiger charge is 2.19. The predicted octanol–water partition coefficient (Wildman–Crippen LogP) is 3.42. The fourth-order valence-corrected chi connectivity index (χ4v) is 1.41. The van der Waals surface area contributed by atoms with E-state index >= 15 is 0 Å². The first kappa shape index (κ1) is 16.1. The van der Waals surface area contributed by atoms with Crippen LogP contribution in [-0.4, -0.2) is 18.7 Å². The Hall–Kier alpha value is -1.90. The second-order valence-corrected chi connectivity index (χ2v) is 3.38. The first-order valence-electron chi connectivity index (χ1n) is 6.16. The minimum atomic E-state index is 0. The summed E-state index contributed by atoms with van der Waals surface area (Å²) in [5, 5.41) is 3.00. The topological polar surface area (TPSA) is 41.5 Å². The van der Waals surface area contributed by atoms with E-state index < -0.39 is 0 Å². The van der Waals surface area contributed by atoms with Gasteiger partial charge in [-0.3, -0.25) is 9.79 Å². The van der Waals surface area contributed by atoms with Gasteiger partial charge in [0.2, 0.25) is 0 Å². The van der Waals surface area contributed by atoms with Crippen LogP contribution in [0, 0.1) is 0 Å². The van der Waals surface area contributed by atoms with E-state index in [0.29, 0.717) is 12.1 Å². The van der Waals surface area contributed by atoms with E-state index in [1.54, 1.807) is 12.3 Å². The van der Waals surface area contributed by atoms with Gasteiger partial charge in [-0.1, -0.05) is 38.7 Å². The minimum absolute atomic E-state index is 0. The Morgan fingerprint density at radius 3 is 2.72 bits per heavy atom. The van der Waals surface area contributed by atoms with Crippen LogP contribution in [0.4, 0.5) is 0 Å². The largest absolute Gasteiger partial charge is 0.346 e. The molecule has 1 aliphatic heterocycles. The average Bonchev–Trinajstić information content (AvgIpc) is 2.83. The molecule has 18 heavy (non-hydrogen) atoms. The molecule has 0 radical (unpaired) electrons. The molecule has 0 amide bonds. The first-order valence-corrected chi connectivity index (χ1v) is 6.16. The molecule has 0 fully saturated rings. The Kier molecular flexibility index (Phi) is 8.20. The van der Waals surface area contributed by atoms with E-state index in [4.69, 9.17) is 0 Å². The summed E-state index contributed by atoms with van der Waals surface area (Å²) in [5.41, 5.74) is 2.41. The molecule has 1 N–H and O–H groups in total. The lowest BCUT2D eigenvalue weighted by molar-refractivity contribution is -0.104. The third-order valence-corrected chi connectivity index (χ3v) is 2.31. The second-order valence-electron chi connectivity index (χ2n) is 3.38. The SMILES string of the molecule is C=C/C(C)=C1\C(C=O)=CNC1=NC/C=C\C.CC.[HH]. The molecule has 0 saturated heterocycles. The number of hydrogen-bond donors (Lipinski definition) is 1. The fraction of sp³-hybridized carbons (Fsp3) is 0.333. The predicted molar refractivity (Wildman–Crippen MR) is 80.8 cm³/mol. The maximum absolute atomic E-state index is 10.9. The number of aliphatic imine (C=N–C) groups is 1. The first-order chi connectivity index (χ1) is 8.74. The van der Waals surface area contributed by atoms with Gasteiger partial charge in [0.25, 0.3) is 0 Å². The summed E-state index contributed by atoms with van der Waals surface area (Å²) in [7, 11) is 0. The zero-order chi connectivity index (χ0) is 14.0. The Labute approximate surface area is 111 Å². The third kappa shape index (κ3) is 4.17. The van der Waals surface area contributed by atoms with Crippen molar-refractivity contribution in [2.24, 2.45) is 4.99 Å². The molecule has 0 saturated carbocycles. The Balaban J connectivity index is 0. The molecule has 0 spiro atoms. The quantitative estimate of drug-likeness (QED) is 0.612. The summed E-state index contributed by atoms with van der Waals surface area (Å²) in [6, 6.07) is 0. The second kappa shape index (κ2) is 9.16. The highest BCUT2D eigenvalue weighted by Crippen LogP contribution is 2.19. The van der Waals surface area contributed by atoms with Gasteiger partial charge in [0.05, 0.1) is 6.54 Å². The monoisotopic (exact) mass is 248 g/mol. The van der Waals surface area contributed by atoms with Gasteiger partial charge in [-0.2, -0.15) is 0 Å². The van der Waals surface area contributed by atoms with Crippen molar-refractivity contribution in [3.63, 3.8) is 0 Å². The molecular weight excluding hydrogens is 224 g/mol. The molecule has 3 nitrogen and oxygen atoms in total. The van der Waals surface area contributed by atoms with Crippen LogP contribution in [0.25, 0.3) is 0 Å². The fourth-order valence-electron chi connectivity index (χ4n) is 1.41. The van der Waals surface area contributed by atoms with Gasteiger partial charge >= 0.3 is 0 Å². The van der Waals surface area contributed by atoms with Crippen molar-refractivity contribution >= 4 is 12.1 Å². The van der Waals surface area contributed by atoms with Crippen molar-refractivity contribution in [2.75, 3.05) is 6.54 Å². The molecule has 3 heteroatoms. The molecule has 0 aromatic carbocycles. The molecular formula is C15H24N2O. The number of carbonyl (C=O) groups excluding carboxylic acids is 1. The van der Waals surface area contributed by atoms with Crippen LogP contribution in [0.1, 0.15) is 29.1 Å². The van der Waals surface area contributed by atoms with Crippen molar-refractivity contribution < 1.29 is 6.22 Å². The average molecular weight is 248 g/mol. The molecule has 1 aliphatic rings. The van der Waals surface area contributed by atoms with Crippen LogP contribution in [0.2, 0.25) is 0 Å². The van der Waals surface area contributed by atoms with E-state index in [2.05, 4.69) is 16.9 Å². The lowest BCUT2D eigenvalue weighted by Crippen LogP contribution is -2.15. The Morgan fingerprint density at radius 2 is 2.22 bits per heavy atom. The summed E-state index contributed by atoms with van der Waals surface area (Å²) in [6.07, 6.45) is 8.12. The molecule has 0 aromatic heterocycles. The van der Waals surface area contributed by atoms with E-state index in [-0.39, 0.29) is 1.43 Å². The maximum atomic E-state index is 10.9. The molecule has 0 atom stereocenters. The standard InChI is InChI=1S/C13H16N2O.C2H6.H2/c1-4-6-7-14-13-12(10(3)5-2)11(9-16)8-15-13;1-2;/h4-6,8-9H,2,7H2,1,3H3,(H,14,15);1-2H3;1H/b6-4-,12-10+;;. The van der Waals surface area contributed by atoms with Gasteiger partial charge in [0.15, 0.2) is 6.29 Å². The van der Waals surface area contributed by atoms with Gasteiger partial charge in [0.1, 0.15) is 5.84 Å². The third-order valence-electron chi connectivity index (χ3n) is 2.31. The molecule has 1 rings (SSSR count). The van der Waals surface area contributed by atoms with E-state index in [0.717, 1.165) is 23.3 Å². The van der Waals surface area contributed by atoms with Gasteiger partial charge in [0, 0.05) is 18.8 Å². The number of allylic oxidation sites excluding steroid dienone is 3. The number of aldehydes is 1. The summed E-state index contributed by atoms with van der Waals surface area (Å²) in [5.74, 6) is 0.734. The number of rotatable bonds is 4. The molecule has 0 unspecified atom stereocenters. The van der Waals surface area contributed by atoms with Gasteiger partial charge in [-0.25, -0.2) is 0 Å². The smallest absolute Gasteiger partial charge is 0.152 e. The van der Waals surface area contributed by atoms with Crippen LogP contribution in [0.5, 0.6) is 0 Å². The normalized spacial score (nSPS) is 18.9. The van der Waals surface area contributed by atoms with Gasteiger partial charge in [-0.15, -0.1) is 0 Å². The number of nitrogens with one attached hydrogen (secondary N) is 1. The van der Waals surface area contributed by atoms with E-state index in [1.807, 2.05) is 39.8 Å². The van der Waals surface area contributed by atoms with Crippen molar-refractivity contribution in [1.82, 2.24) is 5.32 Å². The Morgan fingerprint density at radius 1 is 1.56 bits per heavy atom. The van der Waals surface area contributed by atoms with Crippen LogP contribution in [-0.2, 0) is 4.79 Å². The van der Waals surface area contributed by atoms with Crippen molar-refractivity contribution in [3.05, 3.63) is 47.7 Å². The molecule has 0 aliphatic carbocycles. The summed E-state index contributed by atoms with van der Waals surface area (Å²) >= 11 is 0. The molecule has 1 heterocycles. The highest BCUT2D eigenvalue weighted by atomic mass is 16.1. The lowest BCUT2D eigenvalue weighted by atomic mass is 10.0. The van der Waals surface area contributed by atoms with Gasteiger partial charge in [-0.05, 0) is 19.4 Å². The number of amidine groups is 1. The number of nitrogens with zero attached hydrogens (tertiary/aromatic N) is 1. The molecule has 0 aromatic rings. The van der Waals surface area contributed by atoms with Crippen molar-refractivity contribution in [1.29, 1.82) is 0 Å². The van der Waals surface area contributed by atoms with Crippen molar-refractivity contribution in [2.45, 2.75) is 27.7 Å². The zero-order valence-corrected chi connectivity index (χ0v) is 11.7. The summed E-state index contributed by atoms with van der Waals surface area (Å²) in [6.45, 7) is 12.2. The van der Waals surface area contributed by atoms with E-state index in [1.165, 1.54) is 0 Å². The highest BCUT2D eigenvalue weighted by molar-refractivity contribution is 6.12. The number of hydrogen-bond acceptors (Lipinski definition) is 2. The molecule has 100 valence electrons.